The van der Waals surface area contributed by atoms with Crippen molar-refractivity contribution in [1.29, 1.82) is 0 Å². The lowest BCUT2D eigenvalue weighted by atomic mass is 10.1. The summed E-state index contributed by atoms with van der Waals surface area (Å²) in [5, 5.41) is 0. The van der Waals surface area contributed by atoms with E-state index in [0.29, 0.717) is 0 Å². The number of hydrogen-bond acceptors (Lipinski definition) is 1. The lowest BCUT2D eigenvalue weighted by Crippen LogP contribution is -3.59. The van der Waals surface area contributed by atoms with E-state index in [1.54, 1.807) is 0 Å². The second-order valence-corrected chi connectivity index (χ2v) is 6.29. The first-order chi connectivity index (χ1) is 8.36. The monoisotopic (exact) mass is 340 g/mol. The Bertz CT molecular complexity index is 427. The second-order valence-electron chi connectivity index (χ2n) is 3.96. The van der Waals surface area contributed by atoms with E-state index >= 15 is 0 Å². The topological polar surface area (TPSA) is 20.3 Å². The summed E-state index contributed by atoms with van der Waals surface area (Å²) in [4.78, 5) is 13.6. The van der Waals surface area contributed by atoms with Gasteiger partial charge in [0.2, 0.25) is 3.57 Å². The molecule has 0 radical (unpaired) electrons. The van der Waals surface area contributed by atoms with E-state index < -0.39 is 0 Å². The van der Waals surface area contributed by atoms with Crippen molar-refractivity contribution < 1.29 is 26.0 Å². The first-order valence-electron chi connectivity index (χ1n) is 5.85. The lowest BCUT2D eigenvalue weighted by Gasteiger charge is -2.23. The van der Waals surface area contributed by atoms with Crippen molar-refractivity contribution >= 4 is 5.91 Å². The van der Waals surface area contributed by atoms with Gasteiger partial charge in [-0.05, 0) is 31.4 Å². The summed E-state index contributed by atoms with van der Waals surface area (Å²) < 4.78 is 4.34. The van der Waals surface area contributed by atoms with Crippen molar-refractivity contribution in [3.63, 3.8) is 0 Å². The highest BCUT2D eigenvalue weighted by molar-refractivity contribution is 5.93. The van der Waals surface area contributed by atoms with Gasteiger partial charge < -0.3 is 4.90 Å². The van der Waals surface area contributed by atoms with E-state index in [1.807, 2.05) is 23.1 Å². The van der Waals surface area contributed by atoms with Crippen molar-refractivity contribution in [2.24, 2.45) is 0 Å². The molecular formula is C14H15INO+. The number of rotatable bonds is 1. The molecule has 1 fully saturated rings. The summed E-state index contributed by atoms with van der Waals surface area (Å²) in [5.74, 6) is 2.80. The van der Waals surface area contributed by atoms with Gasteiger partial charge >= 0.3 is 27.1 Å². The number of amides is 1. The van der Waals surface area contributed by atoms with Gasteiger partial charge in [-0.1, -0.05) is 18.2 Å². The molecule has 1 aliphatic rings. The van der Waals surface area contributed by atoms with Crippen LogP contribution in [0.2, 0.25) is 0 Å². The van der Waals surface area contributed by atoms with E-state index in [1.165, 1.54) is 9.99 Å². The molecule has 2 nitrogen and oxygen atoms in total. The van der Waals surface area contributed by atoms with Crippen LogP contribution in [0, 0.1) is 13.4 Å². The van der Waals surface area contributed by atoms with E-state index in [4.69, 9.17) is 0 Å². The normalized spacial score (nSPS) is 14.9. The standard InChI is InChI=1S/C14H15INO/c17-14(16-11-5-2-6-12-16)9-10-15-13-7-3-1-4-8-13/h1,3-4,7-8H,2,5-6,11-12H2/q+1. The Labute approximate surface area is 113 Å². The summed E-state index contributed by atoms with van der Waals surface area (Å²) >= 11 is -0.338. The van der Waals surface area contributed by atoms with Crippen LogP contribution < -0.4 is 21.2 Å². The van der Waals surface area contributed by atoms with Gasteiger partial charge in [0.05, 0.1) is 5.92 Å². The number of halogens is 1. The molecule has 1 aromatic carbocycles. The zero-order valence-corrected chi connectivity index (χ0v) is 11.8. The van der Waals surface area contributed by atoms with Gasteiger partial charge in [0.25, 0.3) is 0 Å². The molecule has 88 valence electrons. The third kappa shape index (κ3) is 4.04. The first kappa shape index (κ1) is 12.4. The van der Waals surface area contributed by atoms with Gasteiger partial charge in [-0.2, -0.15) is 0 Å². The first-order valence-corrected chi connectivity index (χ1v) is 8.01. The fourth-order valence-corrected chi connectivity index (χ4v) is 3.22. The van der Waals surface area contributed by atoms with Crippen LogP contribution >= 0.6 is 0 Å². The molecule has 0 atom stereocenters. The van der Waals surface area contributed by atoms with E-state index in [-0.39, 0.29) is 27.1 Å². The maximum absolute atomic E-state index is 11.8. The predicted octanol–water partition coefficient (Wildman–Crippen LogP) is -1.08. The molecule has 0 unspecified atom stereocenters. The van der Waals surface area contributed by atoms with Gasteiger partial charge in [-0.25, -0.2) is 0 Å². The van der Waals surface area contributed by atoms with Crippen LogP contribution in [0.25, 0.3) is 0 Å². The third-order valence-corrected chi connectivity index (χ3v) is 4.57. The summed E-state index contributed by atoms with van der Waals surface area (Å²) in [6.07, 6.45) is 3.50. The Hall–Kier alpha value is -1.02. The van der Waals surface area contributed by atoms with Crippen LogP contribution in [-0.2, 0) is 4.79 Å². The molecular weight excluding hydrogens is 325 g/mol. The highest BCUT2D eigenvalue weighted by atomic mass is 127. The van der Waals surface area contributed by atoms with Crippen molar-refractivity contribution in [3.8, 4) is 9.85 Å². The molecule has 0 aliphatic carbocycles. The zero-order chi connectivity index (χ0) is 11.9. The highest BCUT2D eigenvalue weighted by Crippen LogP contribution is 2.07. The minimum atomic E-state index is -0.338. The molecule has 1 aromatic rings. The average molecular weight is 340 g/mol. The van der Waals surface area contributed by atoms with E-state index in [2.05, 4.69) is 22.0 Å². The van der Waals surface area contributed by atoms with Crippen LogP contribution in [0.4, 0.5) is 0 Å². The minimum Gasteiger partial charge on any atom is -0.332 e. The van der Waals surface area contributed by atoms with Crippen molar-refractivity contribution in [3.05, 3.63) is 33.9 Å². The summed E-state index contributed by atoms with van der Waals surface area (Å²) in [7, 11) is 0. The molecule has 0 saturated carbocycles. The molecule has 0 N–H and O–H groups in total. The molecule has 1 heterocycles. The van der Waals surface area contributed by atoms with Crippen molar-refractivity contribution in [2.75, 3.05) is 13.1 Å². The number of piperidine rings is 1. The minimum absolute atomic E-state index is 0.0142. The average Bonchev–Trinajstić information content (AvgIpc) is 2.41. The molecule has 0 aromatic heterocycles. The number of benzene rings is 1. The Morgan fingerprint density at radius 2 is 1.82 bits per heavy atom. The molecule has 1 amide bonds. The van der Waals surface area contributed by atoms with Crippen LogP contribution in [-0.4, -0.2) is 23.9 Å². The number of nitrogens with zero attached hydrogens (tertiary/aromatic N) is 1. The number of likely N-dealkylation sites (tertiary alicyclic amines) is 1. The third-order valence-electron chi connectivity index (χ3n) is 2.69. The Morgan fingerprint density at radius 1 is 1.12 bits per heavy atom. The molecule has 2 rings (SSSR count). The van der Waals surface area contributed by atoms with Gasteiger partial charge in [0.1, 0.15) is 0 Å². The molecule has 17 heavy (non-hydrogen) atoms. The van der Waals surface area contributed by atoms with Gasteiger partial charge in [-0.3, -0.25) is 4.79 Å². The van der Waals surface area contributed by atoms with Crippen LogP contribution in [0.3, 0.4) is 0 Å². The summed E-state index contributed by atoms with van der Waals surface area (Å²) in [5.41, 5.74) is 0. The van der Waals surface area contributed by atoms with Gasteiger partial charge in [0, 0.05) is 13.1 Å². The molecule has 0 spiro atoms. The van der Waals surface area contributed by atoms with Crippen molar-refractivity contribution in [1.82, 2.24) is 4.90 Å². The fourth-order valence-electron chi connectivity index (χ4n) is 1.77. The summed E-state index contributed by atoms with van der Waals surface area (Å²) in [6, 6.07) is 10.2. The lowest BCUT2D eigenvalue weighted by molar-refractivity contribution is -0.535. The SMILES string of the molecule is O=C(C#C[I+]c1ccccc1)N1CCCCC1. The Morgan fingerprint density at radius 3 is 2.53 bits per heavy atom. The zero-order valence-electron chi connectivity index (χ0n) is 9.66. The number of carbonyl (C=O) groups is 1. The summed E-state index contributed by atoms with van der Waals surface area (Å²) in [6.45, 7) is 1.77. The van der Waals surface area contributed by atoms with Gasteiger partial charge in [-0.15, -0.1) is 0 Å². The quantitative estimate of drug-likeness (QED) is 0.471. The van der Waals surface area contributed by atoms with Crippen LogP contribution in [0.5, 0.6) is 0 Å². The van der Waals surface area contributed by atoms with Crippen LogP contribution in [0.1, 0.15) is 19.3 Å². The van der Waals surface area contributed by atoms with E-state index in [0.717, 1.165) is 25.9 Å². The highest BCUT2D eigenvalue weighted by Gasteiger charge is 2.15. The maximum atomic E-state index is 11.8. The number of hydrogen-bond donors (Lipinski definition) is 0. The molecule has 0 bridgehead atoms. The molecule has 1 aliphatic heterocycles. The van der Waals surface area contributed by atoms with Crippen LogP contribution in [0.15, 0.2) is 30.3 Å². The van der Waals surface area contributed by atoms with E-state index in [9.17, 15) is 4.79 Å². The second kappa shape index (κ2) is 6.65. The number of carbonyl (C=O) groups excluding carboxylic acids is 1. The van der Waals surface area contributed by atoms with Crippen molar-refractivity contribution in [2.45, 2.75) is 19.3 Å². The smallest absolute Gasteiger partial charge is 0.332 e. The predicted molar refractivity (Wildman–Crippen MR) is 63.3 cm³/mol. The van der Waals surface area contributed by atoms with Gasteiger partial charge in [0.15, 0.2) is 3.93 Å². The fraction of sp³-hybridized carbons (Fsp3) is 0.357. The Kier molecular flexibility index (Phi) is 4.87. The molecule has 1 saturated heterocycles. The largest absolute Gasteiger partial charge is 0.420 e. The molecule has 3 heteroatoms. The maximum Gasteiger partial charge on any atom is 0.420 e. The Balaban J connectivity index is 1.86.